The lowest BCUT2D eigenvalue weighted by atomic mass is 9.89. The third-order valence-electron chi connectivity index (χ3n) is 4.49. The van der Waals surface area contributed by atoms with Gasteiger partial charge in [-0.2, -0.15) is 0 Å². The van der Waals surface area contributed by atoms with E-state index in [1.54, 1.807) is 26.1 Å². The molecule has 0 spiro atoms. The fourth-order valence-electron chi connectivity index (χ4n) is 3.06. The minimum absolute atomic E-state index is 0.00972. The van der Waals surface area contributed by atoms with Crippen molar-refractivity contribution >= 4 is 5.91 Å². The number of hydrogen-bond donors (Lipinski definition) is 1. The molecule has 5 heteroatoms. The fourth-order valence-corrected chi connectivity index (χ4v) is 3.06. The highest BCUT2D eigenvalue weighted by molar-refractivity contribution is 5.76. The summed E-state index contributed by atoms with van der Waals surface area (Å²) in [5.41, 5.74) is 0.365. The molecule has 1 aliphatic heterocycles. The first kappa shape index (κ1) is 17.8. The Morgan fingerprint density at radius 1 is 1.35 bits per heavy atom. The number of carbonyl (C=O) groups excluding carboxylic acids is 1. The van der Waals surface area contributed by atoms with Gasteiger partial charge in [0.15, 0.2) is 0 Å². The molecule has 0 radical (unpaired) electrons. The zero-order valence-corrected chi connectivity index (χ0v) is 14.4. The maximum atomic E-state index is 11.9. The molecular weight excluding hydrogens is 292 g/mol. The van der Waals surface area contributed by atoms with E-state index in [1.165, 1.54) is 5.56 Å². The van der Waals surface area contributed by atoms with Crippen molar-refractivity contribution in [1.29, 1.82) is 0 Å². The monoisotopic (exact) mass is 320 g/mol. The van der Waals surface area contributed by atoms with E-state index in [9.17, 15) is 9.90 Å². The summed E-state index contributed by atoms with van der Waals surface area (Å²) in [6.07, 6.45) is 2.77. The second-order valence-electron chi connectivity index (χ2n) is 6.67. The fraction of sp³-hybridized carbons (Fsp3) is 0.611. The minimum atomic E-state index is -0.889. The maximum absolute atomic E-state index is 11.9. The SMILES string of the molecule is COc1ccc(CCN2CCCC(O)(CC(=O)N(C)C)C2)cc1. The van der Waals surface area contributed by atoms with Crippen LogP contribution in [0.5, 0.6) is 5.75 Å². The van der Waals surface area contributed by atoms with Crippen molar-refractivity contribution in [3.63, 3.8) is 0 Å². The first-order valence-corrected chi connectivity index (χ1v) is 8.20. The van der Waals surface area contributed by atoms with E-state index in [0.717, 1.165) is 31.7 Å². The highest BCUT2D eigenvalue weighted by atomic mass is 16.5. The predicted octanol–water partition coefficient (Wildman–Crippen LogP) is 1.54. The molecular formula is C18H28N2O3. The van der Waals surface area contributed by atoms with Crippen molar-refractivity contribution in [2.24, 2.45) is 0 Å². The van der Waals surface area contributed by atoms with Crippen LogP contribution >= 0.6 is 0 Å². The van der Waals surface area contributed by atoms with Gasteiger partial charge in [0.1, 0.15) is 5.75 Å². The Labute approximate surface area is 138 Å². The van der Waals surface area contributed by atoms with Gasteiger partial charge >= 0.3 is 0 Å². The van der Waals surface area contributed by atoms with Crippen LogP contribution in [0.1, 0.15) is 24.8 Å². The largest absolute Gasteiger partial charge is 0.497 e. The number of likely N-dealkylation sites (tertiary alicyclic amines) is 1. The van der Waals surface area contributed by atoms with Gasteiger partial charge in [-0.05, 0) is 43.5 Å². The molecule has 0 saturated carbocycles. The van der Waals surface area contributed by atoms with Crippen molar-refractivity contribution in [3.05, 3.63) is 29.8 Å². The molecule has 1 saturated heterocycles. The van der Waals surface area contributed by atoms with Crippen LogP contribution in [0.4, 0.5) is 0 Å². The van der Waals surface area contributed by atoms with Crippen molar-refractivity contribution in [1.82, 2.24) is 9.80 Å². The van der Waals surface area contributed by atoms with E-state index in [0.29, 0.717) is 13.0 Å². The second-order valence-corrected chi connectivity index (χ2v) is 6.67. The highest BCUT2D eigenvalue weighted by Crippen LogP contribution is 2.25. The van der Waals surface area contributed by atoms with Crippen LogP contribution in [0, 0.1) is 0 Å². The van der Waals surface area contributed by atoms with Gasteiger partial charge in [-0.15, -0.1) is 0 Å². The second kappa shape index (κ2) is 7.79. The third-order valence-corrected chi connectivity index (χ3v) is 4.49. The summed E-state index contributed by atoms with van der Waals surface area (Å²) in [5.74, 6) is 0.854. The molecule has 1 amide bonds. The van der Waals surface area contributed by atoms with E-state index in [-0.39, 0.29) is 12.3 Å². The summed E-state index contributed by atoms with van der Waals surface area (Å²) in [4.78, 5) is 15.7. The Kier molecular flexibility index (Phi) is 6.02. The summed E-state index contributed by atoms with van der Waals surface area (Å²) in [5, 5.41) is 10.7. The Morgan fingerprint density at radius 3 is 2.65 bits per heavy atom. The molecule has 0 aromatic heterocycles. The Balaban J connectivity index is 1.86. The zero-order chi connectivity index (χ0) is 16.9. The summed E-state index contributed by atoms with van der Waals surface area (Å²) in [6, 6.07) is 8.09. The smallest absolute Gasteiger partial charge is 0.224 e. The van der Waals surface area contributed by atoms with Gasteiger partial charge in [-0.3, -0.25) is 4.79 Å². The lowest BCUT2D eigenvalue weighted by molar-refractivity contribution is -0.136. The molecule has 1 fully saturated rings. The normalized spacial score (nSPS) is 21.9. The van der Waals surface area contributed by atoms with Gasteiger partial charge in [0, 0.05) is 27.2 Å². The van der Waals surface area contributed by atoms with Crippen LogP contribution in [0.15, 0.2) is 24.3 Å². The number of rotatable bonds is 6. The zero-order valence-electron chi connectivity index (χ0n) is 14.4. The van der Waals surface area contributed by atoms with E-state index >= 15 is 0 Å². The molecule has 5 nitrogen and oxygen atoms in total. The number of nitrogens with zero attached hydrogens (tertiary/aromatic N) is 2. The Bertz CT molecular complexity index is 516. The quantitative estimate of drug-likeness (QED) is 0.864. The van der Waals surface area contributed by atoms with Crippen LogP contribution in [0.25, 0.3) is 0 Å². The lowest BCUT2D eigenvalue weighted by Crippen LogP contribution is -2.50. The van der Waals surface area contributed by atoms with Gasteiger partial charge in [0.2, 0.25) is 5.91 Å². The first-order chi connectivity index (χ1) is 10.9. The first-order valence-electron chi connectivity index (χ1n) is 8.20. The Hall–Kier alpha value is -1.59. The molecule has 1 aliphatic rings. The number of amides is 1. The molecule has 1 N–H and O–H groups in total. The van der Waals surface area contributed by atoms with Gasteiger partial charge in [0.25, 0.3) is 0 Å². The predicted molar refractivity (Wildman–Crippen MR) is 90.6 cm³/mol. The molecule has 1 aromatic carbocycles. The van der Waals surface area contributed by atoms with E-state index in [4.69, 9.17) is 4.74 Å². The average molecular weight is 320 g/mol. The van der Waals surface area contributed by atoms with E-state index in [1.807, 2.05) is 12.1 Å². The number of benzene rings is 1. The molecule has 2 rings (SSSR count). The molecule has 0 bridgehead atoms. The van der Waals surface area contributed by atoms with Gasteiger partial charge in [-0.1, -0.05) is 12.1 Å². The summed E-state index contributed by atoms with van der Waals surface area (Å²) < 4.78 is 5.17. The standard InChI is InChI=1S/C18H28N2O3/c1-19(2)17(21)13-18(22)10-4-11-20(14-18)12-9-15-5-7-16(23-3)8-6-15/h5-8,22H,4,9-14H2,1-3H3. The number of ether oxygens (including phenoxy) is 1. The number of piperidine rings is 1. The van der Waals surface area contributed by atoms with Crippen LogP contribution in [0.2, 0.25) is 0 Å². The summed E-state index contributed by atoms with van der Waals surface area (Å²) in [7, 11) is 5.13. The molecule has 23 heavy (non-hydrogen) atoms. The number of carbonyl (C=O) groups is 1. The third kappa shape index (κ3) is 5.22. The van der Waals surface area contributed by atoms with Gasteiger partial charge < -0.3 is 19.6 Å². The van der Waals surface area contributed by atoms with Gasteiger partial charge in [0.05, 0.1) is 19.1 Å². The topological polar surface area (TPSA) is 53.0 Å². The van der Waals surface area contributed by atoms with Crippen LogP contribution in [-0.4, -0.2) is 67.3 Å². The molecule has 1 aromatic rings. The van der Waals surface area contributed by atoms with Crippen LogP contribution in [0.3, 0.4) is 0 Å². The van der Waals surface area contributed by atoms with Crippen molar-refractivity contribution < 1.29 is 14.6 Å². The average Bonchev–Trinajstić information content (AvgIpc) is 2.53. The molecule has 1 heterocycles. The molecule has 1 atom stereocenters. The number of aliphatic hydroxyl groups is 1. The number of hydrogen-bond acceptors (Lipinski definition) is 4. The summed E-state index contributed by atoms with van der Waals surface area (Å²) >= 11 is 0. The highest BCUT2D eigenvalue weighted by Gasteiger charge is 2.35. The van der Waals surface area contributed by atoms with Crippen LogP contribution in [-0.2, 0) is 11.2 Å². The Morgan fingerprint density at radius 2 is 2.04 bits per heavy atom. The lowest BCUT2D eigenvalue weighted by Gasteiger charge is -2.39. The van der Waals surface area contributed by atoms with Crippen LogP contribution < -0.4 is 4.74 Å². The molecule has 1 unspecified atom stereocenters. The number of methoxy groups -OCH3 is 1. The van der Waals surface area contributed by atoms with E-state index < -0.39 is 5.60 Å². The summed E-state index contributed by atoms with van der Waals surface area (Å²) in [6.45, 7) is 2.45. The van der Waals surface area contributed by atoms with E-state index in [2.05, 4.69) is 17.0 Å². The number of β-amino-alcohol motifs (C(OH)–C–C–N with tert-alkyl or cyclic N) is 1. The molecule has 128 valence electrons. The van der Waals surface area contributed by atoms with Crippen molar-refractivity contribution in [3.8, 4) is 5.75 Å². The van der Waals surface area contributed by atoms with Crippen molar-refractivity contribution in [2.75, 3.05) is 40.8 Å². The van der Waals surface area contributed by atoms with Crippen molar-refractivity contribution in [2.45, 2.75) is 31.3 Å². The maximum Gasteiger partial charge on any atom is 0.224 e. The minimum Gasteiger partial charge on any atom is -0.497 e. The molecule has 0 aliphatic carbocycles. The van der Waals surface area contributed by atoms with Gasteiger partial charge in [-0.25, -0.2) is 0 Å².